The van der Waals surface area contributed by atoms with Gasteiger partial charge in [-0.2, -0.15) is 5.10 Å². The van der Waals surface area contributed by atoms with Crippen LogP contribution in [0.4, 0.5) is 5.69 Å². The first-order valence-electron chi connectivity index (χ1n) is 7.15. The van der Waals surface area contributed by atoms with E-state index in [9.17, 15) is 4.79 Å². The van der Waals surface area contributed by atoms with Crippen LogP contribution in [0.25, 0.3) is 0 Å². The zero-order valence-electron chi connectivity index (χ0n) is 13.0. The normalized spacial score (nSPS) is 10.5. The molecule has 0 radical (unpaired) electrons. The summed E-state index contributed by atoms with van der Waals surface area (Å²) in [6, 6.07) is 7.41. The molecule has 0 unspecified atom stereocenters. The maximum absolute atomic E-state index is 12.0. The molecule has 0 aliphatic carbocycles. The zero-order chi connectivity index (χ0) is 16.1. The number of nitrogens with one attached hydrogen (secondary N) is 1. The second-order valence-corrected chi connectivity index (χ2v) is 6.14. The summed E-state index contributed by atoms with van der Waals surface area (Å²) in [5.74, 6) is 0.657. The quantitative estimate of drug-likeness (QED) is 0.738. The third-order valence-electron chi connectivity index (χ3n) is 3.45. The predicted octanol–water partition coefficient (Wildman–Crippen LogP) is 3.53. The number of hydrogen-bond acceptors (Lipinski definition) is 3. The van der Waals surface area contributed by atoms with Crippen LogP contribution in [0.5, 0.6) is 5.75 Å². The van der Waals surface area contributed by atoms with Gasteiger partial charge in [-0.15, -0.1) is 0 Å². The highest BCUT2D eigenvalue weighted by Crippen LogP contribution is 2.23. The summed E-state index contributed by atoms with van der Waals surface area (Å²) in [5.41, 5.74) is 2.90. The Balaban J connectivity index is 1.87. The number of para-hydroxylation sites is 2. The standard InChI is InChI=1S/C16H20IN3O2/c1-11-16(17)12(2)20(19-11)10-6-9-15(21)18-13-7-4-5-8-14(13)22-3/h4-5,7-8H,6,9-10H2,1-3H3,(H,18,21). The summed E-state index contributed by atoms with van der Waals surface area (Å²) in [7, 11) is 1.59. The number of ether oxygens (including phenoxy) is 1. The molecule has 0 aliphatic heterocycles. The third-order valence-corrected chi connectivity index (χ3v) is 5.01. The molecule has 6 heteroatoms. The smallest absolute Gasteiger partial charge is 0.224 e. The van der Waals surface area contributed by atoms with Crippen molar-refractivity contribution >= 4 is 34.2 Å². The van der Waals surface area contributed by atoms with Gasteiger partial charge in [-0.3, -0.25) is 9.48 Å². The summed E-state index contributed by atoms with van der Waals surface area (Å²) in [5, 5.41) is 7.36. The highest BCUT2D eigenvalue weighted by atomic mass is 127. The molecular formula is C16H20IN3O2. The van der Waals surface area contributed by atoms with E-state index in [4.69, 9.17) is 4.74 Å². The minimum absolute atomic E-state index is 0.0132. The van der Waals surface area contributed by atoms with Crippen molar-refractivity contribution in [3.05, 3.63) is 39.2 Å². The molecule has 0 saturated heterocycles. The van der Waals surface area contributed by atoms with Crippen molar-refractivity contribution in [1.82, 2.24) is 9.78 Å². The SMILES string of the molecule is COc1ccccc1NC(=O)CCCn1nc(C)c(I)c1C. The number of halogens is 1. The highest BCUT2D eigenvalue weighted by Gasteiger charge is 2.10. The van der Waals surface area contributed by atoms with Crippen LogP contribution in [0.1, 0.15) is 24.2 Å². The molecule has 0 saturated carbocycles. The number of nitrogens with zero attached hydrogens (tertiary/aromatic N) is 2. The van der Waals surface area contributed by atoms with Crippen LogP contribution in [0.15, 0.2) is 24.3 Å². The molecule has 1 N–H and O–H groups in total. The number of amides is 1. The van der Waals surface area contributed by atoms with E-state index < -0.39 is 0 Å². The zero-order valence-corrected chi connectivity index (χ0v) is 15.2. The van der Waals surface area contributed by atoms with E-state index in [-0.39, 0.29) is 5.91 Å². The van der Waals surface area contributed by atoms with Gasteiger partial charge in [-0.1, -0.05) is 12.1 Å². The van der Waals surface area contributed by atoms with Crippen LogP contribution in [0.2, 0.25) is 0 Å². The molecule has 1 amide bonds. The van der Waals surface area contributed by atoms with Gasteiger partial charge in [0.15, 0.2) is 0 Å². The molecule has 0 atom stereocenters. The Hall–Kier alpha value is -1.57. The Morgan fingerprint density at radius 3 is 2.73 bits per heavy atom. The van der Waals surface area contributed by atoms with E-state index in [0.29, 0.717) is 17.9 Å². The lowest BCUT2D eigenvalue weighted by molar-refractivity contribution is -0.116. The lowest BCUT2D eigenvalue weighted by Gasteiger charge is -2.10. The van der Waals surface area contributed by atoms with Gasteiger partial charge in [0.1, 0.15) is 5.75 Å². The Labute approximate surface area is 144 Å². The summed E-state index contributed by atoms with van der Waals surface area (Å²) in [6.07, 6.45) is 1.20. The van der Waals surface area contributed by atoms with Crippen molar-refractivity contribution in [1.29, 1.82) is 0 Å². The molecule has 0 aliphatic rings. The number of rotatable bonds is 6. The summed E-state index contributed by atoms with van der Waals surface area (Å²) in [4.78, 5) is 12.0. The van der Waals surface area contributed by atoms with Crippen molar-refractivity contribution in [3.63, 3.8) is 0 Å². The van der Waals surface area contributed by atoms with Crippen molar-refractivity contribution in [2.24, 2.45) is 0 Å². The van der Waals surface area contributed by atoms with Gasteiger partial charge in [-0.05, 0) is 55.0 Å². The fourth-order valence-electron chi connectivity index (χ4n) is 2.24. The van der Waals surface area contributed by atoms with Gasteiger partial charge in [-0.25, -0.2) is 0 Å². The fraction of sp³-hybridized carbons (Fsp3) is 0.375. The summed E-state index contributed by atoms with van der Waals surface area (Å²) < 4.78 is 8.38. The monoisotopic (exact) mass is 413 g/mol. The van der Waals surface area contributed by atoms with Crippen LogP contribution in [0.3, 0.4) is 0 Å². The summed E-state index contributed by atoms with van der Waals surface area (Å²) >= 11 is 2.30. The molecule has 2 aromatic rings. The second-order valence-electron chi connectivity index (χ2n) is 5.06. The molecule has 0 bridgehead atoms. The molecule has 1 heterocycles. The van der Waals surface area contributed by atoms with E-state index in [2.05, 4.69) is 39.9 Å². The number of carbonyl (C=O) groups is 1. The highest BCUT2D eigenvalue weighted by molar-refractivity contribution is 14.1. The van der Waals surface area contributed by atoms with Gasteiger partial charge in [0.2, 0.25) is 5.91 Å². The van der Waals surface area contributed by atoms with Crippen LogP contribution in [-0.2, 0) is 11.3 Å². The summed E-state index contributed by atoms with van der Waals surface area (Å²) in [6.45, 7) is 4.80. The minimum Gasteiger partial charge on any atom is -0.495 e. The van der Waals surface area contributed by atoms with Crippen LogP contribution in [-0.4, -0.2) is 22.8 Å². The minimum atomic E-state index is -0.0132. The van der Waals surface area contributed by atoms with E-state index in [0.717, 1.165) is 24.4 Å². The molecule has 2 rings (SSSR count). The Morgan fingerprint density at radius 1 is 1.36 bits per heavy atom. The Kier molecular flexibility index (Phi) is 5.82. The first kappa shape index (κ1) is 16.8. The molecule has 1 aromatic heterocycles. The topological polar surface area (TPSA) is 56.1 Å². The number of methoxy groups -OCH3 is 1. The van der Waals surface area contributed by atoms with Crippen molar-refractivity contribution in [2.45, 2.75) is 33.2 Å². The average molecular weight is 413 g/mol. The number of benzene rings is 1. The van der Waals surface area contributed by atoms with Gasteiger partial charge in [0.25, 0.3) is 0 Å². The predicted molar refractivity (Wildman–Crippen MR) is 95.3 cm³/mol. The Bertz CT molecular complexity index is 667. The second kappa shape index (κ2) is 7.62. The maximum atomic E-state index is 12.0. The average Bonchev–Trinajstić information content (AvgIpc) is 2.75. The van der Waals surface area contributed by atoms with E-state index >= 15 is 0 Å². The lowest BCUT2D eigenvalue weighted by atomic mass is 10.2. The molecule has 0 spiro atoms. The number of hydrogen-bond donors (Lipinski definition) is 1. The lowest BCUT2D eigenvalue weighted by Crippen LogP contribution is -2.13. The van der Waals surface area contributed by atoms with Crippen molar-refractivity contribution in [2.75, 3.05) is 12.4 Å². The maximum Gasteiger partial charge on any atom is 0.224 e. The van der Waals surface area contributed by atoms with E-state index in [1.165, 1.54) is 3.57 Å². The number of aromatic nitrogens is 2. The van der Waals surface area contributed by atoms with E-state index in [1.54, 1.807) is 7.11 Å². The van der Waals surface area contributed by atoms with Crippen LogP contribution in [0, 0.1) is 17.4 Å². The first-order chi connectivity index (χ1) is 10.5. The van der Waals surface area contributed by atoms with Crippen molar-refractivity contribution in [3.8, 4) is 5.75 Å². The fourth-order valence-corrected chi connectivity index (χ4v) is 2.63. The molecular weight excluding hydrogens is 393 g/mol. The first-order valence-corrected chi connectivity index (χ1v) is 8.23. The van der Waals surface area contributed by atoms with Gasteiger partial charge in [0.05, 0.1) is 22.1 Å². The Morgan fingerprint density at radius 2 is 2.09 bits per heavy atom. The molecule has 0 fully saturated rings. The van der Waals surface area contributed by atoms with Crippen LogP contribution >= 0.6 is 22.6 Å². The van der Waals surface area contributed by atoms with Gasteiger partial charge < -0.3 is 10.1 Å². The number of carbonyl (C=O) groups excluding carboxylic acids is 1. The molecule has 1 aromatic carbocycles. The third kappa shape index (κ3) is 4.00. The largest absolute Gasteiger partial charge is 0.495 e. The van der Waals surface area contributed by atoms with Crippen LogP contribution < -0.4 is 10.1 Å². The van der Waals surface area contributed by atoms with E-state index in [1.807, 2.05) is 35.9 Å². The number of anilines is 1. The molecule has 5 nitrogen and oxygen atoms in total. The van der Waals surface area contributed by atoms with Gasteiger partial charge >= 0.3 is 0 Å². The van der Waals surface area contributed by atoms with Crippen molar-refractivity contribution < 1.29 is 9.53 Å². The molecule has 22 heavy (non-hydrogen) atoms. The molecule has 118 valence electrons. The number of aryl methyl sites for hydroxylation is 2. The van der Waals surface area contributed by atoms with Gasteiger partial charge in [0, 0.05) is 18.7 Å².